The van der Waals surface area contributed by atoms with Gasteiger partial charge in [0.2, 0.25) is 0 Å². The van der Waals surface area contributed by atoms with E-state index in [1.54, 1.807) is 0 Å². The van der Waals surface area contributed by atoms with E-state index < -0.39 is 0 Å². The molecule has 316 valence electrons. The topological polar surface area (TPSA) is 3.24 Å². The third-order valence-electron chi connectivity index (χ3n) is 14.9. The van der Waals surface area contributed by atoms with Crippen LogP contribution in [0.5, 0.6) is 0 Å². The summed E-state index contributed by atoms with van der Waals surface area (Å²) in [7, 11) is 0. The van der Waals surface area contributed by atoms with Crippen LogP contribution in [0.2, 0.25) is 0 Å². The molecular formula is C63H53NS. The first kappa shape index (κ1) is 39.9. The molecule has 0 N–H and O–H groups in total. The van der Waals surface area contributed by atoms with Gasteiger partial charge in [0.05, 0.1) is 6.04 Å². The fourth-order valence-corrected chi connectivity index (χ4v) is 12.4. The number of fused-ring (bicyclic) bond motifs is 10. The first-order valence-electron chi connectivity index (χ1n) is 23.6. The van der Waals surface area contributed by atoms with Gasteiger partial charge in [0, 0.05) is 21.7 Å². The summed E-state index contributed by atoms with van der Waals surface area (Å²) in [6.45, 7) is 7.13. The van der Waals surface area contributed by atoms with Crippen LogP contribution >= 0.6 is 11.8 Å². The van der Waals surface area contributed by atoms with Gasteiger partial charge in [0.25, 0.3) is 0 Å². The van der Waals surface area contributed by atoms with Crippen LogP contribution in [-0.4, -0.2) is 10.8 Å². The van der Waals surface area contributed by atoms with E-state index in [-0.39, 0.29) is 10.8 Å². The molecule has 0 fully saturated rings. The maximum atomic E-state index is 2.67. The minimum absolute atomic E-state index is 0.166. The molecular weight excluding hydrogens is 803 g/mol. The Morgan fingerprint density at radius 2 is 1.34 bits per heavy atom. The number of thioether (sulfide) groups is 1. The number of aryl methyl sites for hydroxylation is 2. The zero-order valence-corrected chi connectivity index (χ0v) is 38.3. The number of rotatable bonds is 8. The molecule has 2 bridgehead atoms. The normalized spacial score (nSPS) is 19.7. The molecule has 2 aliphatic carbocycles. The van der Waals surface area contributed by atoms with Crippen molar-refractivity contribution in [1.82, 2.24) is 0 Å². The summed E-state index contributed by atoms with van der Waals surface area (Å²) < 4.78 is 0.235. The standard InChI is InChI=1S/C63H53NS/c1-41-16-10-11-23-50(41)56-40-57-47-27-28-51(61(37-47)64(49-21-8-5-9-22-49)62(57)38-48(56)30-32-63(3)31-15-33-65-63)45-19-14-20-46(35-45)55-39-60-53-25-13-12-24-52(53)59-36-44(43-17-6-4-7-18-43)26-29-54(59)58(60)34-42(55)2/h4-29,33,35-36,38-40,42,61H,30-32,34,37H2,1-3H3. The van der Waals surface area contributed by atoms with E-state index in [1.807, 2.05) is 11.8 Å². The number of nitrogens with zero attached hydrogens (tertiary/aromatic N) is 1. The van der Waals surface area contributed by atoms with Crippen molar-refractivity contribution in [3.8, 4) is 22.3 Å². The maximum absolute atomic E-state index is 2.67. The lowest BCUT2D eigenvalue weighted by Crippen LogP contribution is -2.37. The Morgan fingerprint density at radius 3 is 2.14 bits per heavy atom. The molecule has 0 saturated carbocycles. The molecule has 12 rings (SSSR count). The van der Waals surface area contributed by atoms with Gasteiger partial charge < -0.3 is 4.90 Å². The summed E-state index contributed by atoms with van der Waals surface area (Å²) in [5.41, 5.74) is 21.6. The van der Waals surface area contributed by atoms with E-state index >= 15 is 0 Å². The molecule has 0 aromatic heterocycles. The first-order valence-corrected chi connectivity index (χ1v) is 24.4. The van der Waals surface area contributed by atoms with Crippen molar-refractivity contribution in [3.63, 3.8) is 0 Å². The summed E-state index contributed by atoms with van der Waals surface area (Å²) in [4.78, 5) is 2.67. The Hall–Kier alpha value is -6.61. The van der Waals surface area contributed by atoms with Crippen LogP contribution in [0.25, 0.3) is 66.6 Å². The van der Waals surface area contributed by atoms with Gasteiger partial charge in [-0.2, -0.15) is 0 Å². The minimum Gasteiger partial charge on any atom is -0.333 e. The molecule has 2 heterocycles. The zero-order chi connectivity index (χ0) is 43.6. The molecule has 0 spiro atoms. The quantitative estimate of drug-likeness (QED) is 0.140. The molecule has 0 amide bonds. The van der Waals surface area contributed by atoms with Gasteiger partial charge in [-0.3, -0.25) is 0 Å². The van der Waals surface area contributed by atoms with Crippen molar-refractivity contribution >= 4 is 67.5 Å². The first-order chi connectivity index (χ1) is 31.9. The highest BCUT2D eigenvalue weighted by atomic mass is 32.2. The van der Waals surface area contributed by atoms with Gasteiger partial charge in [-0.1, -0.05) is 153 Å². The van der Waals surface area contributed by atoms with Gasteiger partial charge in [-0.15, -0.1) is 11.8 Å². The van der Waals surface area contributed by atoms with E-state index in [1.165, 1.54) is 111 Å². The van der Waals surface area contributed by atoms with Crippen molar-refractivity contribution in [2.24, 2.45) is 5.92 Å². The summed E-state index contributed by atoms with van der Waals surface area (Å²) in [5, 5.41) is 7.69. The number of benzene rings is 8. The molecule has 8 aromatic rings. The Bertz CT molecular complexity index is 3300. The van der Waals surface area contributed by atoms with Crippen molar-refractivity contribution < 1.29 is 0 Å². The van der Waals surface area contributed by atoms with Crippen LogP contribution in [-0.2, 0) is 12.8 Å². The average Bonchev–Trinajstić information content (AvgIpc) is 3.80. The highest BCUT2D eigenvalue weighted by Gasteiger charge is 2.37. The van der Waals surface area contributed by atoms with Gasteiger partial charge in [-0.25, -0.2) is 0 Å². The average molecular weight is 856 g/mol. The molecule has 65 heavy (non-hydrogen) atoms. The minimum atomic E-state index is 0.166. The molecule has 0 saturated heterocycles. The van der Waals surface area contributed by atoms with E-state index in [2.05, 4.69) is 219 Å². The summed E-state index contributed by atoms with van der Waals surface area (Å²) in [5.74, 6) is 0.367. The van der Waals surface area contributed by atoms with E-state index in [0.717, 1.165) is 32.1 Å². The zero-order valence-electron chi connectivity index (χ0n) is 37.5. The lowest BCUT2D eigenvalue weighted by molar-refractivity contribution is 0.602. The molecule has 3 atom stereocenters. The van der Waals surface area contributed by atoms with Crippen LogP contribution in [0, 0.1) is 12.8 Å². The highest BCUT2D eigenvalue weighted by Crippen LogP contribution is 2.52. The molecule has 4 aliphatic rings. The SMILES string of the molecule is Cc1ccccc1-c1cc2c(cc1CCC1(C)CC=CS1)N(c1ccccc1)C1CC2=CC=C1c1cccc(C2=Cc3c(c4ccc(-c5ccccc5)cc4c4ccccc34)CC2C)c1. The van der Waals surface area contributed by atoms with Crippen LogP contribution in [0.15, 0.2) is 187 Å². The Kier molecular flexibility index (Phi) is 9.91. The van der Waals surface area contributed by atoms with E-state index in [4.69, 9.17) is 0 Å². The number of para-hydroxylation sites is 1. The number of allylic oxidation sites excluding steroid dienone is 4. The van der Waals surface area contributed by atoms with Gasteiger partial charge in [0.1, 0.15) is 0 Å². The summed E-state index contributed by atoms with van der Waals surface area (Å²) in [6, 6.07) is 61.8. The van der Waals surface area contributed by atoms with Crippen molar-refractivity contribution in [3.05, 3.63) is 226 Å². The number of hydrogen-bond donors (Lipinski definition) is 0. The lowest BCUT2D eigenvalue weighted by Gasteiger charge is -2.43. The molecule has 1 nitrogen and oxygen atoms in total. The maximum Gasteiger partial charge on any atom is 0.0638 e. The second-order valence-corrected chi connectivity index (χ2v) is 20.6. The number of anilines is 2. The monoisotopic (exact) mass is 855 g/mol. The van der Waals surface area contributed by atoms with Crippen LogP contribution < -0.4 is 4.90 Å². The Balaban J connectivity index is 0.961. The third kappa shape index (κ3) is 7.02. The second-order valence-electron chi connectivity index (χ2n) is 19.1. The van der Waals surface area contributed by atoms with E-state index in [0.29, 0.717) is 5.92 Å². The van der Waals surface area contributed by atoms with Crippen molar-refractivity contribution in [2.45, 2.75) is 63.7 Å². The predicted octanol–water partition coefficient (Wildman–Crippen LogP) is 17.1. The third-order valence-corrected chi connectivity index (χ3v) is 16.2. The Labute approximate surface area is 388 Å². The molecule has 2 heteroatoms. The fourth-order valence-electron chi connectivity index (χ4n) is 11.5. The van der Waals surface area contributed by atoms with Crippen LogP contribution in [0.4, 0.5) is 11.4 Å². The molecule has 8 aromatic carbocycles. The highest BCUT2D eigenvalue weighted by molar-refractivity contribution is 8.03. The summed E-state index contributed by atoms with van der Waals surface area (Å²) in [6.07, 6.45) is 15.0. The smallest absolute Gasteiger partial charge is 0.0638 e. The van der Waals surface area contributed by atoms with E-state index in [9.17, 15) is 0 Å². The van der Waals surface area contributed by atoms with Gasteiger partial charge in [0.15, 0.2) is 0 Å². The van der Waals surface area contributed by atoms with Crippen molar-refractivity contribution in [2.75, 3.05) is 4.90 Å². The number of hydrogen-bond acceptors (Lipinski definition) is 2. The van der Waals surface area contributed by atoms with Crippen LogP contribution in [0.1, 0.15) is 72.1 Å². The fraction of sp³-hybridized carbons (Fsp3) is 0.175. The van der Waals surface area contributed by atoms with Gasteiger partial charge in [-0.05, 0) is 194 Å². The second kappa shape index (κ2) is 16.1. The van der Waals surface area contributed by atoms with Crippen LogP contribution in [0.3, 0.4) is 0 Å². The molecule has 0 radical (unpaired) electrons. The largest absolute Gasteiger partial charge is 0.333 e. The summed E-state index contributed by atoms with van der Waals surface area (Å²) >= 11 is 2.00. The Morgan fingerprint density at radius 1 is 0.600 bits per heavy atom. The molecule has 2 aliphatic heterocycles. The van der Waals surface area contributed by atoms with Crippen molar-refractivity contribution in [1.29, 1.82) is 0 Å². The van der Waals surface area contributed by atoms with Gasteiger partial charge >= 0.3 is 0 Å². The lowest BCUT2D eigenvalue weighted by atomic mass is 9.76. The molecule has 3 unspecified atom stereocenters. The predicted molar refractivity (Wildman–Crippen MR) is 282 cm³/mol.